The van der Waals surface area contributed by atoms with Crippen molar-refractivity contribution in [3.05, 3.63) is 71.2 Å². The van der Waals surface area contributed by atoms with Crippen LogP contribution >= 0.6 is 0 Å². The molecule has 9 heteroatoms. The maximum atomic E-state index is 12.9. The average molecular weight is 421 g/mol. The zero-order valence-electron chi connectivity index (χ0n) is 15.7. The molecule has 2 heterocycles. The molecule has 1 aromatic carbocycles. The van der Waals surface area contributed by atoms with Crippen molar-refractivity contribution in [3.8, 4) is 11.8 Å². The monoisotopic (exact) mass is 421 g/mol. The van der Waals surface area contributed by atoms with E-state index in [1.807, 2.05) is 0 Å². The Morgan fingerprint density at radius 2 is 1.90 bits per heavy atom. The average Bonchev–Trinajstić information content (AvgIpc) is 3.02. The van der Waals surface area contributed by atoms with Crippen molar-refractivity contribution in [2.45, 2.75) is 31.8 Å². The summed E-state index contributed by atoms with van der Waals surface area (Å²) in [5.74, 6) is 5.57. The summed E-state index contributed by atoms with van der Waals surface area (Å²) in [6.07, 6.45) is -2.75. The summed E-state index contributed by atoms with van der Waals surface area (Å²) in [7, 11) is -3.51. The number of nitrogens with zero attached hydrogens (tertiary/aromatic N) is 2. The third kappa shape index (κ3) is 4.78. The molecule has 0 unspecified atom stereocenters. The molecular weight excluding hydrogens is 403 g/mol. The van der Waals surface area contributed by atoms with Crippen LogP contribution in [-0.2, 0) is 22.7 Å². The smallest absolute Gasteiger partial charge is 0.293 e. The fraction of sp³-hybridized carbons (Fsp3) is 0.250. The number of aromatic nitrogens is 2. The van der Waals surface area contributed by atoms with Gasteiger partial charge in [0.25, 0.3) is 0 Å². The molecule has 1 N–H and O–H groups in total. The molecule has 152 valence electrons. The molecule has 0 saturated carbocycles. The second-order valence-electron chi connectivity index (χ2n) is 6.58. The number of rotatable bonds is 4. The highest BCUT2D eigenvalue weighted by molar-refractivity contribution is 7.90. The van der Waals surface area contributed by atoms with Gasteiger partial charge in [-0.05, 0) is 50.1 Å². The highest BCUT2D eigenvalue weighted by Gasteiger charge is 2.30. The Labute approximate surface area is 166 Å². The fourth-order valence-corrected chi connectivity index (χ4v) is 3.21. The summed E-state index contributed by atoms with van der Waals surface area (Å²) in [5.41, 5.74) is 0.760. The van der Waals surface area contributed by atoms with Gasteiger partial charge in [0.15, 0.2) is 0 Å². The van der Waals surface area contributed by atoms with Crippen molar-refractivity contribution < 1.29 is 21.6 Å². The van der Waals surface area contributed by atoms with Crippen LogP contribution in [0, 0.1) is 11.8 Å². The third-order valence-electron chi connectivity index (χ3n) is 4.18. The predicted molar refractivity (Wildman–Crippen MR) is 104 cm³/mol. The van der Waals surface area contributed by atoms with Crippen molar-refractivity contribution >= 4 is 15.7 Å². The Kier molecular flexibility index (Phi) is 5.68. The quantitative estimate of drug-likeness (QED) is 0.655. The van der Waals surface area contributed by atoms with E-state index >= 15 is 0 Å². The van der Waals surface area contributed by atoms with E-state index < -0.39 is 27.0 Å². The molecule has 0 fully saturated rings. The van der Waals surface area contributed by atoms with Gasteiger partial charge >= 0.3 is 6.18 Å². The summed E-state index contributed by atoms with van der Waals surface area (Å²) >= 11 is 0. The molecule has 29 heavy (non-hydrogen) atoms. The maximum absolute atomic E-state index is 12.9. The standard InChI is InChI=1S/C20H18F3N3O2S/c1-14(2)29(27,28)24-13-17-18(26-11-4-3-8-19(26)25-17)10-9-15-6-5-7-16(12-15)20(21,22)23/h3-8,11-12,14,24H,13H2,1-2H3. The lowest BCUT2D eigenvalue weighted by molar-refractivity contribution is -0.137. The minimum atomic E-state index is -4.46. The zero-order valence-corrected chi connectivity index (χ0v) is 16.5. The van der Waals surface area contributed by atoms with E-state index in [4.69, 9.17) is 0 Å². The van der Waals surface area contributed by atoms with Crippen molar-refractivity contribution in [1.82, 2.24) is 14.1 Å². The van der Waals surface area contributed by atoms with Gasteiger partial charge in [-0.2, -0.15) is 13.2 Å². The van der Waals surface area contributed by atoms with Crippen LogP contribution in [0.3, 0.4) is 0 Å². The number of sulfonamides is 1. The Balaban J connectivity index is 2.01. The van der Waals surface area contributed by atoms with Gasteiger partial charge in [0, 0.05) is 11.8 Å². The Morgan fingerprint density at radius 1 is 1.14 bits per heavy atom. The molecular formula is C20H18F3N3O2S. The van der Waals surface area contributed by atoms with Crippen molar-refractivity contribution in [2.24, 2.45) is 0 Å². The van der Waals surface area contributed by atoms with Gasteiger partial charge in [-0.1, -0.05) is 18.1 Å². The lowest BCUT2D eigenvalue weighted by Gasteiger charge is -2.08. The van der Waals surface area contributed by atoms with Gasteiger partial charge in [0.1, 0.15) is 11.3 Å². The number of imidazole rings is 1. The summed E-state index contributed by atoms with van der Waals surface area (Å²) in [6.45, 7) is 3.04. The van der Waals surface area contributed by atoms with Gasteiger partial charge in [-0.15, -0.1) is 0 Å². The molecule has 0 spiro atoms. The minimum absolute atomic E-state index is 0.0746. The van der Waals surface area contributed by atoms with Crippen LogP contribution in [0.15, 0.2) is 48.7 Å². The molecule has 3 rings (SSSR count). The SMILES string of the molecule is CC(C)S(=O)(=O)NCc1nc2ccccn2c1C#Cc1cccc(C(F)(F)F)c1. The van der Waals surface area contributed by atoms with Crippen molar-refractivity contribution in [2.75, 3.05) is 0 Å². The molecule has 2 aromatic heterocycles. The van der Waals surface area contributed by atoms with E-state index in [2.05, 4.69) is 21.5 Å². The van der Waals surface area contributed by atoms with E-state index in [-0.39, 0.29) is 12.1 Å². The zero-order chi connectivity index (χ0) is 21.2. The molecule has 0 bridgehead atoms. The van der Waals surface area contributed by atoms with Crippen LogP contribution in [0.4, 0.5) is 13.2 Å². The van der Waals surface area contributed by atoms with Gasteiger partial charge < -0.3 is 0 Å². The number of fused-ring (bicyclic) bond motifs is 1. The predicted octanol–water partition coefficient (Wildman–Crippen LogP) is 3.58. The topological polar surface area (TPSA) is 63.5 Å². The Bertz CT molecular complexity index is 1200. The second kappa shape index (κ2) is 7.89. The summed E-state index contributed by atoms with van der Waals surface area (Å²) in [4.78, 5) is 4.40. The number of halogens is 3. The first-order valence-electron chi connectivity index (χ1n) is 8.71. The molecule has 0 radical (unpaired) electrons. The molecule has 0 aliphatic heterocycles. The lowest BCUT2D eigenvalue weighted by Crippen LogP contribution is -2.30. The Hall–Kier alpha value is -2.83. The van der Waals surface area contributed by atoms with E-state index in [1.165, 1.54) is 12.1 Å². The number of alkyl halides is 3. The molecule has 0 atom stereocenters. The van der Waals surface area contributed by atoms with E-state index in [0.717, 1.165) is 12.1 Å². The van der Waals surface area contributed by atoms with Crippen LogP contribution in [-0.4, -0.2) is 23.1 Å². The molecule has 0 amide bonds. The summed E-state index contributed by atoms with van der Waals surface area (Å²) in [6, 6.07) is 9.98. The van der Waals surface area contributed by atoms with E-state index in [0.29, 0.717) is 17.0 Å². The number of benzene rings is 1. The highest BCUT2D eigenvalue weighted by Crippen LogP contribution is 2.29. The molecule has 5 nitrogen and oxygen atoms in total. The van der Waals surface area contributed by atoms with Gasteiger partial charge in [-0.25, -0.2) is 18.1 Å². The third-order valence-corrected chi connectivity index (χ3v) is 5.97. The van der Waals surface area contributed by atoms with E-state index in [9.17, 15) is 21.6 Å². The summed E-state index contributed by atoms with van der Waals surface area (Å²) in [5, 5.41) is -0.612. The van der Waals surface area contributed by atoms with Gasteiger partial charge in [-0.3, -0.25) is 4.40 Å². The highest BCUT2D eigenvalue weighted by atomic mass is 32.2. The van der Waals surface area contributed by atoms with Crippen LogP contribution in [0.25, 0.3) is 5.65 Å². The normalized spacial score (nSPS) is 12.2. The van der Waals surface area contributed by atoms with Crippen LogP contribution < -0.4 is 4.72 Å². The fourth-order valence-electron chi connectivity index (χ4n) is 2.54. The van der Waals surface area contributed by atoms with Crippen LogP contribution in [0.2, 0.25) is 0 Å². The van der Waals surface area contributed by atoms with Crippen molar-refractivity contribution in [3.63, 3.8) is 0 Å². The summed E-state index contributed by atoms with van der Waals surface area (Å²) < 4.78 is 67.0. The van der Waals surface area contributed by atoms with Gasteiger partial charge in [0.05, 0.1) is 23.1 Å². The first-order valence-corrected chi connectivity index (χ1v) is 10.3. The largest absolute Gasteiger partial charge is 0.416 e. The van der Waals surface area contributed by atoms with Crippen LogP contribution in [0.1, 0.15) is 36.4 Å². The number of pyridine rings is 1. The molecule has 0 aliphatic carbocycles. The van der Waals surface area contributed by atoms with Crippen LogP contribution in [0.5, 0.6) is 0 Å². The maximum Gasteiger partial charge on any atom is 0.416 e. The first-order chi connectivity index (χ1) is 13.6. The molecule has 3 aromatic rings. The Morgan fingerprint density at radius 3 is 2.59 bits per heavy atom. The lowest BCUT2D eigenvalue weighted by atomic mass is 10.1. The van der Waals surface area contributed by atoms with E-state index in [1.54, 1.807) is 42.6 Å². The second-order valence-corrected chi connectivity index (χ2v) is 8.90. The van der Waals surface area contributed by atoms with Crippen molar-refractivity contribution in [1.29, 1.82) is 0 Å². The number of hydrogen-bond acceptors (Lipinski definition) is 3. The molecule has 0 aliphatic rings. The minimum Gasteiger partial charge on any atom is -0.293 e. The van der Waals surface area contributed by atoms with Gasteiger partial charge in [0.2, 0.25) is 10.0 Å². The number of hydrogen-bond donors (Lipinski definition) is 1. The number of nitrogens with one attached hydrogen (secondary N) is 1. The first kappa shape index (κ1) is 20.9. The molecule has 0 saturated heterocycles.